The lowest BCUT2D eigenvalue weighted by Crippen LogP contribution is -2.53. The van der Waals surface area contributed by atoms with Crippen molar-refractivity contribution in [2.45, 2.75) is 33.9 Å². The Labute approximate surface area is 169 Å². The Bertz CT molecular complexity index is 641. The van der Waals surface area contributed by atoms with Crippen molar-refractivity contribution in [1.82, 2.24) is 20.0 Å². The first-order valence-electron chi connectivity index (χ1n) is 10.3. The standard InChI is InChI=1S/C21H35N5O2/c1-5-22-20(25-11-13-26(14-12-25)21(27)28-7-3)23-16-18-9-8-10-19(15-18)17-24(4)6-2/h8-10,15H,5-7,11-14,16-17H2,1-4H3,(H,22,23). The van der Waals surface area contributed by atoms with Crippen LogP contribution in [0.2, 0.25) is 0 Å². The maximum absolute atomic E-state index is 11.9. The monoisotopic (exact) mass is 389 g/mol. The number of guanidine groups is 1. The number of piperazine rings is 1. The highest BCUT2D eigenvalue weighted by Crippen LogP contribution is 2.10. The summed E-state index contributed by atoms with van der Waals surface area (Å²) in [7, 11) is 2.13. The number of amides is 1. The van der Waals surface area contributed by atoms with Crippen molar-refractivity contribution in [3.05, 3.63) is 35.4 Å². The molecule has 1 N–H and O–H groups in total. The highest BCUT2D eigenvalue weighted by atomic mass is 16.6. The van der Waals surface area contributed by atoms with Crippen LogP contribution in [0.5, 0.6) is 0 Å². The van der Waals surface area contributed by atoms with Crippen LogP contribution in [0.1, 0.15) is 31.9 Å². The van der Waals surface area contributed by atoms with E-state index in [0.29, 0.717) is 26.2 Å². The average molecular weight is 390 g/mol. The van der Waals surface area contributed by atoms with Crippen LogP contribution < -0.4 is 5.32 Å². The van der Waals surface area contributed by atoms with E-state index in [1.54, 1.807) is 4.90 Å². The molecule has 1 aromatic carbocycles. The molecule has 0 saturated carbocycles. The third-order valence-electron chi connectivity index (χ3n) is 4.84. The van der Waals surface area contributed by atoms with E-state index in [1.165, 1.54) is 11.1 Å². The Hall–Kier alpha value is -2.28. The minimum absolute atomic E-state index is 0.224. The van der Waals surface area contributed by atoms with E-state index >= 15 is 0 Å². The van der Waals surface area contributed by atoms with Gasteiger partial charge in [0.2, 0.25) is 0 Å². The number of ether oxygens (including phenoxy) is 1. The largest absolute Gasteiger partial charge is 0.450 e. The fraction of sp³-hybridized carbons (Fsp3) is 0.619. The molecule has 7 heteroatoms. The lowest BCUT2D eigenvalue weighted by atomic mass is 10.1. The van der Waals surface area contributed by atoms with Crippen LogP contribution in [0, 0.1) is 0 Å². The summed E-state index contributed by atoms with van der Waals surface area (Å²) in [4.78, 5) is 23.0. The van der Waals surface area contributed by atoms with Crippen molar-refractivity contribution >= 4 is 12.1 Å². The van der Waals surface area contributed by atoms with Gasteiger partial charge in [0.1, 0.15) is 0 Å². The van der Waals surface area contributed by atoms with Crippen LogP contribution in [0.4, 0.5) is 4.79 Å². The molecule has 1 aliphatic rings. The molecule has 1 fully saturated rings. The number of nitrogens with zero attached hydrogens (tertiary/aromatic N) is 4. The summed E-state index contributed by atoms with van der Waals surface area (Å²) < 4.78 is 5.10. The summed E-state index contributed by atoms with van der Waals surface area (Å²) in [6, 6.07) is 8.63. The zero-order valence-electron chi connectivity index (χ0n) is 17.8. The molecule has 0 aliphatic carbocycles. The van der Waals surface area contributed by atoms with Gasteiger partial charge in [0.25, 0.3) is 0 Å². The molecule has 28 heavy (non-hydrogen) atoms. The normalized spacial score (nSPS) is 15.1. The third-order valence-corrected chi connectivity index (χ3v) is 4.84. The van der Waals surface area contributed by atoms with Crippen LogP contribution in [0.25, 0.3) is 0 Å². The molecule has 1 aliphatic heterocycles. The van der Waals surface area contributed by atoms with Crippen LogP contribution in [-0.2, 0) is 17.8 Å². The van der Waals surface area contributed by atoms with Gasteiger partial charge in [-0.3, -0.25) is 0 Å². The number of hydrogen-bond donors (Lipinski definition) is 1. The van der Waals surface area contributed by atoms with Gasteiger partial charge in [-0.25, -0.2) is 9.79 Å². The second-order valence-electron chi connectivity index (χ2n) is 6.99. The molecular formula is C21H35N5O2. The van der Waals surface area contributed by atoms with Crippen molar-refractivity contribution in [2.75, 3.05) is 52.9 Å². The summed E-state index contributed by atoms with van der Waals surface area (Å²) in [5, 5.41) is 3.38. The molecule has 0 bridgehead atoms. The van der Waals surface area contributed by atoms with E-state index in [2.05, 4.69) is 60.3 Å². The maximum atomic E-state index is 11.9. The Morgan fingerprint density at radius 3 is 2.46 bits per heavy atom. The van der Waals surface area contributed by atoms with E-state index in [9.17, 15) is 4.79 Å². The molecule has 1 saturated heterocycles. The third kappa shape index (κ3) is 6.71. The molecule has 1 heterocycles. The zero-order valence-corrected chi connectivity index (χ0v) is 17.8. The van der Waals surface area contributed by atoms with Crippen molar-refractivity contribution in [3.63, 3.8) is 0 Å². The fourth-order valence-electron chi connectivity index (χ4n) is 3.16. The minimum atomic E-state index is -0.224. The van der Waals surface area contributed by atoms with E-state index in [1.807, 2.05) is 6.92 Å². The SMILES string of the molecule is CCNC(=NCc1cccc(CN(C)CC)c1)N1CCN(C(=O)OCC)CC1. The van der Waals surface area contributed by atoms with Crippen molar-refractivity contribution < 1.29 is 9.53 Å². The summed E-state index contributed by atoms with van der Waals surface area (Å²) in [6.45, 7) is 12.7. The molecule has 156 valence electrons. The van der Waals surface area contributed by atoms with Crippen LogP contribution in [0.3, 0.4) is 0 Å². The lowest BCUT2D eigenvalue weighted by Gasteiger charge is -2.35. The number of aliphatic imine (C=N–C) groups is 1. The van der Waals surface area contributed by atoms with Gasteiger partial charge in [-0.2, -0.15) is 0 Å². The summed E-state index contributed by atoms with van der Waals surface area (Å²) in [5.74, 6) is 0.905. The number of nitrogens with one attached hydrogen (secondary N) is 1. The number of carbonyl (C=O) groups excluding carboxylic acids is 1. The predicted molar refractivity (Wildman–Crippen MR) is 113 cm³/mol. The minimum Gasteiger partial charge on any atom is -0.450 e. The fourth-order valence-corrected chi connectivity index (χ4v) is 3.16. The van der Waals surface area contributed by atoms with Gasteiger partial charge in [-0.05, 0) is 38.6 Å². The molecule has 0 spiro atoms. The average Bonchev–Trinajstić information content (AvgIpc) is 2.71. The van der Waals surface area contributed by atoms with Crippen molar-refractivity contribution in [3.8, 4) is 0 Å². The Morgan fingerprint density at radius 2 is 1.82 bits per heavy atom. The van der Waals surface area contributed by atoms with Crippen LogP contribution in [0.15, 0.2) is 29.3 Å². The van der Waals surface area contributed by atoms with Crippen molar-refractivity contribution in [1.29, 1.82) is 0 Å². The maximum Gasteiger partial charge on any atom is 0.409 e. The highest BCUT2D eigenvalue weighted by Gasteiger charge is 2.23. The molecule has 0 unspecified atom stereocenters. The van der Waals surface area contributed by atoms with E-state index < -0.39 is 0 Å². The zero-order chi connectivity index (χ0) is 20.4. The van der Waals surface area contributed by atoms with Gasteiger partial charge in [-0.1, -0.05) is 31.2 Å². The highest BCUT2D eigenvalue weighted by molar-refractivity contribution is 5.80. The Balaban J connectivity index is 1.97. The van der Waals surface area contributed by atoms with E-state index in [-0.39, 0.29) is 6.09 Å². The van der Waals surface area contributed by atoms with E-state index in [0.717, 1.165) is 38.7 Å². The van der Waals surface area contributed by atoms with Crippen LogP contribution in [-0.4, -0.2) is 79.7 Å². The summed E-state index contributed by atoms with van der Waals surface area (Å²) in [6.07, 6.45) is -0.224. The van der Waals surface area contributed by atoms with Gasteiger partial charge in [0, 0.05) is 39.3 Å². The van der Waals surface area contributed by atoms with Gasteiger partial charge >= 0.3 is 6.09 Å². The molecule has 2 rings (SSSR count). The van der Waals surface area contributed by atoms with Crippen molar-refractivity contribution in [2.24, 2.45) is 4.99 Å². The molecule has 1 amide bonds. The van der Waals surface area contributed by atoms with E-state index in [4.69, 9.17) is 9.73 Å². The lowest BCUT2D eigenvalue weighted by molar-refractivity contribution is 0.0914. The van der Waals surface area contributed by atoms with Gasteiger partial charge < -0.3 is 24.8 Å². The smallest absolute Gasteiger partial charge is 0.409 e. The summed E-state index contributed by atoms with van der Waals surface area (Å²) in [5.41, 5.74) is 2.52. The first-order chi connectivity index (χ1) is 13.6. The summed E-state index contributed by atoms with van der Waals surface area (Å²) >= 11 is 0. The first kappa shape index (κ1) is 22.0. The number of hydrogen-bond acceptors (Lipinski definition) is 4. The molecule has 0 aromatic heterocycles. The van der Waals surface area contributed by atoms with Gasteiger partial charge in [0.05, 0.1) is 13.2 Å². The number of rotatable bonds is 7. The number of benzene rings is 1. The second kappa shape index (κ2) is 11.5. The molecule has 7 nitrogen and oxygen atoms in total. The quantitative estimate of drug-likeness (QED) is 0.573. The molecule has 0 atom stereocenters. The van der Waals surface area contributed by atoms with Crippen LogP contribution >= 0.6 is 0 Å². The molecule has 1 aromatic rings. The first-order valence-corrected chi connectivity index (χ1v) is 10.3. The number of carbonyl (C=O) groups is 1. The molecular weight excluding hydrogens is 354 g/mol. The predicted octanol–water partition coefficient (Wildman–Crippen LogP) is 2.38. The van der Waals surface area contributed by atoms with Gasteiger partial charge in [0.15, 0.2) is 5.96 Å². The topological polar surface area (TPSA) is 60.4 Å². The second-order valence-corrected chi connectivity index (χ2v) is 6.99. The molecule has 0 radical (unpaired) electrons. The van der Waals surface area contributed by atoms with Gasteiger partial charge in [-0.15, -0.1) is 0 Å². The Kier molecular flexibility index (Phi) is 9.07. The Morgan fingerprint density at radius 1 is 1.14 bits per heavy atom.